The summed E-state index contributed by atoms with van der Waals surface area (Å²) >= 11 is 1.49. The van der Waals surface area contributed by atoms with E-state index in [1.807, 2.05) is 35.9 Å². The summed E-state index contributed by atoms with van der Waals surface area (Å²) in [6.45, 7) is 1.98. The van der Waals surface area contributed by atoms with Gasteiger partial charge in [-0.2, -0.15) is 0 Å². The number of H-pyrrole nitrogens is 1. The molecule has 0 bridgehead atoms. The number of aromatic nitrogens is 3. The quantitative estimate of drug-likeness (QED) is 0.729. The molecule has 22 heavy (non-hydrogen) atoms. The summed E-state index contributed by atoms with van der Waals surface area (Å²) in [4.78, 5) is 11.2. The maximum atomic E-state index is 12.2. The fourth-order valence-electron chi connectivity index (χ4n) is 1.97. The van der Waals surface area contributed by atoms with Gasteiger partial charge < -0.3 is 4.98 Å². The molecule has 5 nitrogen and oxygen atoms in total. The van der Waals surface area contributed by atoms with Gasteiger partial charge in [-0.25, -0.2) is 13.4 Å². The summed E-state index contributed by atoms with van der Waals surface area (Å²) < 4.78 is 24.4. The summed E-state index contributed by atoms with van der Waals surface area (Å²) in [6.07, 6.45) is 5.88. The first-order chi connectivity index (χ1) is 10.5. The summed E-state index contributed by atoms with van der Waals surface area (Å²) in [6, 6.07) is 3.93. The molecule has 0 unspecified atom stereocenters. The standard InChI is InChI=1S/C15H15N3O2S2/c1-11-5-6-12(16-8-11)4-2-3-7-22(19,20)15-17-13-9-21-10-14(13)18-15/h2-3,5-6,8-10H,4,7H2,1H3,(H,17,18). The first-order valence-corrected chi connectivity index (χ1v) is 9.35. The molecule has 0 aliphatic carbocycles. The lowest BCUT2D eigenvalue weighted by Crippen LogP contribution is -2.06. The lowest BCUT2D eigenvalue weighted by atomic mass is 10.2. The van der Waals surface area contributed by atoms with Crippen LogP contribution >= 0.6 is 11.3 Å². The number of aromatic amines is 1. The van der Waals surface area contributed by atoms with Gasteiger partial charge in [0.1, 0.15) is 5.52 Å². The predicted octanol–water partition coefficient (Wildman–Crippen LogP) is 2.90. The number of fused-ring (bicyclic) bond motifs is 1. The third-order valence-electron chi connectivity index (χ3n) is 3.18. The highest BCUT2D eigenvalue weighted by Gasteiger charge is 2.17. The highest BCUT2D eigenvalue weighted by atomic mass is 32.2. The topological polar surface area (TPSA) is 75.7 Å². The van der Waals surface area contributed by atoms with Crippen LogP contribution in [0.2, 0.25) is 0 Å². The van der Waals surface area contributed by atoms with Crippen molar-refractivity contribution < 1.29 is 8.42 Å². The van der Waals surface area contributed by atoms with Crippen LogP contribution in [0.3, 0.4) is 0 Å². The molecule has 0 amide bonds. The van der Waals surface area contributed by atoms with Gasteiger partial charge in [0.25, 0.3) is 0 Å². The molecule has 0 aromatic carbocycles. The predicted molar refractivity (Wildman–Crippen MR) is 87.8 cm³/mol. The third-order valence-corrected chi connectivity index (χ3v) is 5.33. The zero-order valence-electron chi connectivity index (χ0n) is 12.0. The molecule has 0 spiro atoms. The Morgan fingerprint density at radius 3 is 2.86 bits per heavy atom. The summed E-state index contributed by atoms with van der Waals surface area (Å²) in [7, 11) is -3.42. The van der Waals surface area contributed by atoms with E-state index in [2.05, 4.69) is 15.0 Å². The minimum atomic E-state index is -3.42. The van der Waals surface area contributed by atoms with Crippen molar-refractivity contribution in [1.29, 1.82) is 0 Å². The van der Waals surface area contributed by atoms with Gasteiger partial charge in [-0.05, 0) is 18.6 Å². The van der Waals surface area contributed by atoms with Crippen LogP contribution in [0.1, 0.15) is 11.3 Å². The van der Waals surface area contributed by atoms with E-state index < -0.39 is 9.84 Å². The molecular formula is C15H15N3O2S2. The largest absolute Gasteiger partial charge is 0.328 e. The molecule has 3 rings (SSSR count). The smallest absolute Gasteiger partial charge is 0.226 e. The van der Waals surface area contributed by atoms with Gasteiger partial charge in [0.05, 0.1) is 11.3 Å². The summed E-state index contributed by atoms with van der Waals surface area (Å²) in [5.41, 5.74) is 3.47. The van der Waals surface area contributed by atoms with Crippen LogP contribution < -0.4 is 0 Å². The number of thiophene rings is 1. The van der Waals surface area contributed by atoms with E-state index in [0.29, 0.717) is 11.9 Å². The first-order valence-electron chi connectivity index (χ1n) is 6.76. The number of pyridine rings is 1. The van der Waals surface area contributed by atoms with Gasteiger partial charge in [0.15, 0.2) is 0 Å². The van der Waals surface area contributed by atoms with E-state index in [1.165, 1.54) is 11.3 Å². The lowest BCUT2D eigenvalue weighted by Gasteiger charge is -1.97. The molecule has 1 N–H and O–H groups in total. The van der Waals surface area contributed by atoms with E-state index in [4.69, 9.17) is 0 Å². The Morgan fingerprint density at radius 1 is 1.27 bits per heavy atom. The molecule has 0 fully saturated rings. The second-order valence-corrected chi connectivity index (χ2v) is 7.69. The number of nitrogens with zero attached hydrogens (tertiary/aromatic N) is 2. The number of hydrogen-bond donors (Lipinski definition) is 1. The maximum absolute atomic E-state index is 12.2. The SMILES string of the molecule is Cc1ccc(CC=CCS(=O)(=O)c2nc3cscc3[nH]2)nc1. The average Bonchev–Trinajstić information content (AvgIpc) is 3.07. The van der Waals surface area contributed by atoms with Gasteiger partial charge in [-0.15, -0.1) is 11.3 Å². The molecule has 0 aliphatic rings. The van der Waals surface area contributed by atoms with Crippen LogP contribution in [0.25, 0.3) is 11.0 Å². The van der Waals surface area contributed by atoms with E-state index in [-0.39, 0.29) is 10.9 Å². The van der Waals surface area contributed by atoms with Crippen LogP contribution in [-0.2, 0) is 16.3 Å². The molecular weight excluding hydrogens is 318 g/mol. The fourth-order valence-corrected chi connectivity index (χ4v) is 3.71. The van der Waals surface area contributed by atoms with Gasteiger partial charge in [-0.1, -0.05) is 18.2 Å². The number of allylic oxidation sites excluding steroid dienone is 1. The highest BCUT2D eigenvalue weighted by Crippen LogP contribution is 2.19. The molecule has 3 aromatic heterocycles. The second-order valence-electron chi connectivity index (χ2n) is 5.00. The number of aryl methyl sites for hydroxylation is 1. The maximum Gasteiger partial charge on any atom is 0.226 e. The Balaban J connectivity index is 1.65. The molecule has 0 radical (unpaired) electrons. The van der Waals surface area contributed by atoms with Crippen LogP contribution in [0.15, 0.2) is 46.4 Å². The number of rotatable bonds is 5. The summed E-state index contributed by atoms with van der Waals surface area (Å²) in [5.74, 6) is -0.0710. The number of hydrogen-bond acceptors (Lipinski definition) is 5. The molecule has 7 heteroatoms. The Labute approximate surface area is 132 Å². The highest BCUT2D eigenvalue weighted by molar-refractivity contribution is 7.91. The van der Waals surface area contributed by atoms with Crippen LogP contribution in [0.5, 0.6) is 0 Å². The minimum absolute atomic E-state index is 0.0309. The zero-order chi connectivity index (χ0) is 15.6. The van der Waals surface area contributed by atoms with E-state index >= 15 is 0 Å². The molecule has 0 atom stereocenters. The van der Waals surface area contributed by atoms with Gasteiger partial charge in [-0.3, -0.25) is 4.98 Å². The monoisotopic (exact) mass is 333 g/mol. The van der Waals surface area contributed by atoms with Gasteiger partial charge in [0.2, 0.25) is 15.0 Å². The van der Waals surface area contributed by atoms with E-state index in [9.17, 15) is 8.42 Å². The normalized spacial score (nSPS) is 12.4. The summed E-state index contributed by atoms with van der Waals surface area (Å²) in [5, 5.41) is 3.70. The molecule has 0 saturated carbocycles. The van der Waals surface area contributed by atoms with E-state index in [1.54, 1.807) is 12.3 Å². The Kier molecular flexibility index (Phi) is 4.08. The molecule has 0 saturated heterocycles. The molecule has 3 heterocycles. The van der Waals surface area contributed by atoms with Crippen LogP contribution in [-0.4, -0.2) is 29.1 Å². The Bertz CT molecular complexity index is 877. The lowest BCUT2D eigenvalue weighted by molar-refractivity contribution is 0.592. The number of sulfone groups is 1. The molecule has 114 valence electrons. The molecule has 0 aliphatic heterocycles. The Hall–Kier alpha value is -1.99. The minimum Gasteiger partial charge on any atom is -0.328 e. The Morgan fingerprint density at radius 2 is 2.14 bits per heavy atom. The van der Waals surface area contributed by atoms with Crippen molar-refractivity contribution in [1.82, 2.24) is 15.0 Å². The van der Waals surface area contributed by atoms with Crippen molar-refractivity contribution in [3.63, 3.8) is 0 Å². The van der Waals surface area contributed by atoms with Crippen molar-refractivity contribution in [2.75, 3.05) is 5.75 Å². The number of imidazole rings is 1. The van der Waals surface area contributed by atoms with Crippen molar-refractivity contribution in [3.05, 3.63) is 52.5 Å². The van der Waals surface area contributed by atoms with Gasteiger partial charge in [0, 0.05) is 29.1 Å². The van der Waals surface area contributed by atoms with Crippen molar-refractivity contribution in [3.8, 4) is 0 Å². The fraction of sp³-hybridized carbons (Fsp3) is 0.200. The zero-order valence-corrected chi connectivity index (χ0v) is 13.6. The van der Waals surface area contributed by atoms with E-state index in [0.717, 1.165) is 16.8 Å². The first kappa shape index (κ1) is 14.9. The number of nitrogens with one attached hydrogen (secondary N) is 1. The van der Waals surface area contributed by atoms with Crippen molar-refractivity contribution in [2.24, 2.45) is 0 Å². The van der Waals surface area contributed by atoms with Crippen molar-refractivity contribution in [2.45, 2.75) is 18.5 Å². The second kappa shape index (κ2) is 6.02. The van der Waals surface area contributed by atoms with Crippen LogP contribution in [0, 0.1) is 6.92 Å². The average molecular weight is 333 g/mol. The van der Waals surface area contributed by atoms with Crippen molar-refractivity contribution >= 4 is 32.2 Å². The third kappa shape index (κ3) is 3.26. The van der Waals surface area contributed by atoms with Gasteiger partial charge >= 0.3 is 0 Å². The molecule has 3 aromatic rings. The van der Waals surface area contributed by atoms with Crippen LogP contribution in [0.4, 0.5) is 0 Å².